The van der Waals surface area contributed by atoms with Gasteiger partial charge in [-0.3, -0.25) is 0 Å². The van der Waals surface area contributed by atoms with E-state index >= 15 is 0 Å². The summed E-state index contributed by atoms with van der Waals surface area (Å²) in [6.45, 7) is 4.47. The highest BCUT2D eigenvalue weighted by molar-refractivity contribution is 7.98. The normalized spacial score (nSPS) is 15.4. The molecule has 0 spiro atoms. The van der Waals surface area contributed by atoms with Crippen LogP contribution in [-0.2, 0) is 15.2 Å². The van der Waals surface area contributed by atoms with Gasteiger partial charge in [-0.15, -0.1) is 11.3 Å². The first-order chi connectivity index (χ1) is 20.7. The first kappa shape index (κ1) is 29.8. The van der Waals surface area contributed by atoms with Gasteiger partial charge in [0.05, 0.1) is 23.4 Å². The van der Waals surface area contributed by atoms with Gasteiger partial charge in [0.25, 0.3) is 0 Å². The third-order valence-corrected chi connectivity index (χ3v) is 8.17. The number of nitriles is 2. The molecule has 0 radical (unpaired) electrons. The van der Waals surface area contributed by atoms with Gasteiger partial charge in [-0.2, -0.15) is 10.5 Å². The van der Waals surface area contributed by atoms with Gasteiger partial charge in [0.15, 0.2) is 10.9 Å². The lowest BCUT2D eigenvalue weighted by atomic mass is 9.97. The molecule has 11 nitrogen and oxygen atoms in total. The summed E-state index contributed by atoms with van der Waals surface area (Å²) >= 11 is 2.69. The van der Waals surface area contributed by atoms with Crippen molar-refractivity contribution >= 4 is 45.7 Å². The molecule has 2 aromatic carbocycles. The number of hydrogen-bond acceptors (Lipinski definition) is 12. The fourth-order valence-corrected chi connectivity index (χ4v) is 6.06. The lowest BCUT2D eigenvalue weighted by molar-refractivity contribution is -0.141. The highest BCUT2D eigenvalue weighted by atomic mass is 32.2. The lowest BCUT2D eigenvalue weighted by Gasteiger charge is -2.17. The molecule has 43 heavy (non-hydrogen) atoms. The molecule has 2 aromatic heterocycles. The second kappa shape index (κ2) is 12.7. The van der Waals surface area contributed by atoms with Crippen molar-refractivity contribution in [3.8, 4) is 29.0 Å². The molecule has 4 N–H and O–H groups in total. The Hall–Kier alpha value is -4.66. The predicted molar refractivity (Wildman–Crippen MR) is 162 cm³/mol. The van der Waals surface area contributed by atoms with E-state index in [4.69, 9.17) is 25.1 Å². The van der Waals surface area contributed by atoms with Crippen molar-refractivity contribution in [1.82, 2.24) is 9.97 Å². The second-order valence-electron chi connectivity index (χ2n) is 9.88. The predicted octanol–water partition coefficient (Wildman–Crippen LogP) is 5.80. The number of ether oxygens (including phenoxy) is 3. The van der Waals surface area contributed by atoms with Crippen molar-refractivity contribution in [2.75, 3.05) is 24.3 Å². The minimum absolute atomic E-state index is 0.0331. The van der Waals surface area contributed by atoms with Gasteiger partial charge in [-0.25, -0.2) is 14.8 Å². The quantitative estimate of drug-likeness (QED) is 0.183. The maximum atomic E-state index is 11.1. The zero-order valence-corrected chi connectivity index (χ0v) is 24.8. The molecule has 1 unspecified atom stereocenters. The minimum atomic E-state index is -0.992. The molecule has 1 aliphatic rings. The fourth-order valence-electron chi connectivity index (χ4n) is 4.34. The van der Waals surface area contributed by atoms with E-state index in [0.717, 1.165) is 5.69 Å². The van der Waals surface area contributed by atoms with Crippen molar-refractivity contribution < 1.29 is 24.1 Å². The van der Waals surface area contributed by atoms with Gasteiger partial charge >= 0.3 is 5.97 Å². The molecule has 4 aromatic rings. The Labute approximate surface area is 255 Å². The number of anilines is 3. The monoisotopic (exact) mass is 614 g/mol. The molecule has 0 amide bonds. The minimum Gasteiger partial charge on any atom is -0.491 e. The summed E-state index contributed by atoms with van der Waals surface area (Å²) in [5.74, 6) is -0.582. The van der Waals surface area contributed by atoms with E-state index in [1.807, 2.05) is 19.2 Å². The summed E-state index contributed by atoms with van der Waals surface area (Å²) in [7, 11) is 0. The third-order valence-electron chi connectivity index (χ3n) is 6.35. The molecule has 1 aliphatic heterocycles. The van der Waals surface area contributed by atoms with Crippen molar-refractivity contribution in [3.05, 3.63) is 76.3 Å². The Morgan fingerprint density at radius 2 is 1.88 bits per heavy atom. The molecule has 13 heteroatoms. The molecule has 1 fully saturated rings. The van der Waals surface area contributed by atoms with E-state index in [9.17, 15) is 15.3 Å². The average Bonchev–Trinajstić information content (AvgIpc) is 3.59. The topological polar surface area (TPSA) is 176 Å². The lowest BCUT2D eigenvalue weighted by Crippen LogP contribution is -2.25. The smallest absolute Gasteiger partial charge is 0.335 e. The molecule has 218 valence electrons. The number of thiazole rings is 1. The standard InChI is InChI=1S/C30H26N6O5S2/c1-30(2)40-14-22(41-30)13-39-21-9-5-17(6-10-21)25-23(11-31)26(33)36-27(24(25)12-32)42-15-20-16-43-29(35-20)34-19-7-3-18(4-8-19)28(37)38/h3-10,16,22H,13-15H2,1-2H3,(H2,33,36)(H,34,35)(H,37,38). The fraction of sp³-hybridized carbons (Fsp3) is 0.233. The van der Waals surface area contributed by atoms with Crippen molar-refractivity contribution in [3.63, 3.8) is 0 Å². The van der Waals surface area contributed by atoms with E-state index in [1.54, 1.807) is 36.4 Å². The zero-order valence-electron chi connectivity index (χ0n) is 23.2. The number of benzene rings is 2. The van der Waals surface area contributed by atoms with E-state index in [1.165, 1.54) is 35.2 Å². The summed E-state index contributed by atoms with van der Waals surface area (Å²) in [6.07, 6.45) is -0.181. The van der Waals surface area contributed by atoms with Crippen LogP contribution in [0.15, 0.2) is 58.9 Å². The summed E-state index contributed by atoms with van der Waals surface area (Å²) < 4.78 is 17.2. The average molecular weight is 615 g/mol. The third kappa shape index (κ3) is 7.05. The molecule has 1 atom stereocenters. The number of pyridine rings is 1. The summed E-state index contributed by atoms with van der Waals surface area (Å²) in [4.78, 5) is 20.0. The highest BCUT2D eigenvalue weighted by Crippen LogP contribution is 2.37. The maximum Gasteiger partial charge on any atom is 0.335 e. The van der Waals surface area contributed by atoms with E-state index in [0.29, 0.717) is 51.7 Å². The van der Waals surface area contributed by atoms with Gasteiger partial charge in [0.2, 0.25) is 0 Å². The second-order valence-corrected chi connectivity index (χ2v) is 11.7. The molecular weight excluding hydrogens is 589 g/mol. The number of aromatic carboxylic acids is 1. The van der Waals surface area contributed by atoms with Crippen molar-refractivity contribution in [2.45, 2.75) is 36.5 Å². The summed E-state index contributed by atoms with van der Waals surface area (Å²) in [6, 6.07) is 17.8. The van der Waals surface area contributed by atoms with Crippen LogP contribution in [0.3, 0.4) is 0 Å². The van der Waals surface area contributed by atoms with Crippen LogP contribution in [0.25, 0.3) is 11.1 Å². The SMILES string of the molecule is CC1(C)OCC(COc2ccc(-c3c(C#N)c(N)nc(SCc4csc(Nc5ccc(C(=O)O)cc5)n4)c3C#N)cc2)O1. The van der Waals surface area contributed by atoms with Crippen LogP contribution in [0.2, 0.25) is 0 Å². The van der Waals surface area contributed by atoms with Gasteiger partial charge in [0.1, 0.15) is 47.0 Å². The molecule has 5 rings (SSSR count). The number of nitrogens with one attached hydrogen (secondary N) is 1. The molecule has 0 bridgehead atoms. The maximum absolute atomic E-state index is 11.1. The van der Waals surface area contributed by atoms with Crippen LogP contribution in [0.4, 0.5) is 16.6 Å². The highest BCUT2D eigenvalue weighted by Gasteiger charge is 2.33. The number of thioether (sulfide) groups is 1. The van der Waals surface area contributed by atoms with Gasteiger partial charge < -0.3 is 30.4 Å². The molecule has 3 heterocycles. The summed E-state index contributed by atoms with van der Waals surface area (Å²) in [5.41, 5.74) is 9.25. The Balaban J connectivity index is 1.30. The van der Waals surface area contributed by atoms with E-state index in [-0.39, 0.29) is 28.6 Å². The number of carbonyl (C=O) groups is 1. The number of hydrogen-bond donors (Lipinski definition) is 3. The van der Waals surface area contributed by atoms with Crippen LogP contribution in [0.1, 0.15) is 41.0 Å². The van der Waals surface area contributed by atoms with Crippen LogP contribution < -0.4 is 15.8 Å². The number of carboxylic acid groups (broad SMARTS) is 1. The Kier molecular flexibility index (Phi) is 8.80. The zero-order chi connectivity index (χ0) is 30.6. The molecule has 1 saturated heterocycles. The van der Waals surface area contributed by atoms with E-state index < -0.39 is 11.8 Å². The summed E-state index contributed by atoms with van der Waals surface area (Å²) in [5, 5.41) is 35.1. The van der Waals surface area contributed by atoms with Gasteiger partial charge in [-0.1, -0.05) is 23.9 Å². The Morgan fingerprint density at radius 1 is 1.16 bits per heavy atom. The first-order valence-electron chi connectivity index (χ1n) is 13.0. The molecular formula is C30H26N6O5S2. The van der Waals surface area contributed by atoms with Crippen LogP contribution in [0, 0.1) is 22.7 Å². The number of aromatic nitrogens is 2. The van der Waals surface area contributed by atoms with Crippen LogP contribution in [0.5, 0.6) is 5.75 Å². The van der Waals surface area contributed by atoms with Gasteiger partial charge in [0, 0.05) is 22.4 Å². The first-order valence-corrected chi connectivity index (χ1v) is 14.9. The Bertz CT molecular complexity index is 1730. The van der Waals surface area contributed by atoms with E-state index in [2.05, 4.69) is 27.4 Å². The van der Waals surface area contributed by atoms with Gasteiger partial charge in [-0.05, 0) is 55.8 Å². The number of carboxylic acids is 1. The molecule has 0 saturated carbocycles. The number of nitrogens with zero attached hydrogens (tertiary/aromatic N) is 4. The number of nitrogen functional groups attached to an aromatic ring is 1. The van der Waals surface area contributed by atoms with Crippen molar-refractivity contribution in [2.24, 2.45) is 0 Å². The van der Waals surface area contributed by atoms with Crippen LogP contribution >= 0.6 is 23.1 Å². The molecule has 0 aliphatic carbocycles. The number of nitrogens with two attached hydrogens (primary N) is 1. The van der Waals surface area contributed by atoms with Crippen molar-refractivity contribution in [1.29, 1.82) is 10.5 Å². The van der Waals surface area contributed by atoms with Crippen LogP contribution in [-0.4, -0.2) is 46.1 Å². The Morgan fingerprint density at radius 3 is 2.51 bits per heavy atom. The largest absolute Gasteiger partial charge is 0.491 e. The number of rotatable bonds is 10.